The molecule has 0 saturated carbocycles. The maximum Gasteiger partial charge on any atom is 0.130 e. The van der Waals surface area contributed by atoms with Gasteiger partial charge in [0.15, 0.2) is 0 Å². The molecule has 0 amide bonds. The number of hydrogen-bond acceptors (Lipinski definition) is 3. The minimum absolute atomic E-state index is 0.166. The molecule has 0 bridgehead atoms. The summed E-state index contributed by atoms with van der Waals surface area (Å²) in [5.74, 6) is 0.761. The normalized spacial score (nSPS) is 16.1. The van der Waals surface area contributed by atoms with Crippen LogP contribution >= 0.6 is 0 Å². The van der Waals surface area contributed by atoms with Crippen molar-refractivity contribution in [3.8, 4) is 5.75 Å². The average molecular weight is 350 g/mol. The van der Waals surface area contributed by atoms with Crippen molar-refractivity contribution >= 4 is 10.9 Å². The van der Waals surface area contributed by atoms with Crippen LogP contribution in [0.3, 0.4) is 0 Å². The van der Waals surface area contributed by atoms with E-state index in [0.29, 0.717) is 0 Å². The van der Waals surface area contributed by atoms with E-state index in [4.69, 9.17) is 4.74 Å². The molecule has 4 heteroatoms. The summed E-state index contributed by atoms with van der Waals surface area (Å²) in [7, 11) is 0. The van der Waals surface area contributed by atoms with Gasteiger partial charge in [-0.2, -0.15) is 0 Å². The van der Waals surface area contributed by atoms with Gasteiger partial charge in [-0.15, -0.1) is 0 Å². The largest absolute Gasteiger partial charge is 0.490 e. The molecule has 1 fully saturated rings. The van der Waals surface area contributed by atoms with Crippen LogP contribution in [0.2, 0.25) is 0 Å². The Balaban J connectivity index is 1.40. The van der Waals surface area contributed by atoms with Crippen molar-refractivity contribution in [3.05, 3.63) is 71.7 Å². The number of fused-ring (bicyclic) bond motifs is 1. The van der Waals surface area contributed by atoms with Crippen LogP contribution in [0.1, 0.15) is 24.1 Å². The minimum Gasteiger partial charge on any atom is -0.490 e. The Labute approximate surface area is 153 Å². The predicted molar refractivity (Wildman–Crippen MR) is 102 cm³/mol. The molecule has 2 aromatic carbocycles. The number of para-hydroxylation sites is 1. The summed E-state index contributed by atoms with van der Waals surface area (Å²) in [6, 6.07) is 17.0. The summed E-state index contributed by atoms with van der Waals surface area (Å²) in [5, 5.41) is 1.07. The van der Waals surface area contributed by atoms with Gasteiger partial charge in [0.25, 0.3) is 0 Å². The van der Waals surface area contributed by atoms with E-state index >= 15 is 0 Å². The van der Waals surface area contributed by atoms with E-state index in [2.05, 4.69) is 16.0 Å². The van der Waals surface area contributed by atoms with E-state index in [9.17, 15) is 4.39 Å². The molecule has 0 aliphatic carbocycles. The number of nitrogens with zero attached hydrogens (tertiary/aromatic N) is 2. The van der Waals surface area contributed by atoms with E-state index in [1.54, 1.807) is 12.1 Å². The Morgan fingerprint density at radius 2 is 1.88 bits per heavy atom. The van der Waals surface area contributed by atoms with Crippen LogP contribution in [-0.4, -0.2) is 29.1 Å². The van der Waals surface area contributed by atoms with Gasteiger partial charge >= 0.3 is 0 Å². The number of aryl methyl sites for hydroxylation is 1. The second-order valence-corrected chi connectivity index (χ2v) is 7.00. The number of piperidine rings is 1. The molecule has 1 aromatic heterocycles. The lowest BCUT2D eigenvalue weighted by Crippen LogP contribution is -2.37. The predicted octanol–water partition coefficient (Wildman–Crippen LogP) is 4.73. The van der Waals surface area contributed by atoms with E-state index in [1.807, 2.05) is 37.3 Å². The fourth-order valence-corrected chi connectivity index (χ4v) is 3.63. The monoisotopic (exact) mass is 350 g/mol. The molecule has 2 heterocycles. The van der Waals surface area contributed by atoms with Crippen LogP contribution in [-0.2, 0) is 6.54 Å². The van der Waals surface area contributed by atoms with Crippen LogP contribution in [0.25, 0.3) is 10.9 Å². The highest BCUT2D eigenvalue weighted by atomic mass is 19.1. The Kier molecular flexibility index (Phi) is 4.85. The molecular formula is C22H23FN2O. The third-order valence-corrected chi connectivity index (χ3v) is 4.93. The van der Waals surface area contributed by atoms with Crippen LogP contribution in [0.15, 0.2) is 54.6 Å². The number of benzene rings is 2. The van der Waals surface area contributed by atoms with Gasteiger partial charge in [0.2, 0.25) is 0 Å². The van der Waals surface area contributed by atoms with Crippen molar-refractivity contribution in [3.63, 3.8) is 0 Å². The van der Waals surface area contributed by atoms with Crippen molar-refractivity contribution < 1.29 is 9.13 Å². The minimum atomic E-state index is -0.166. The first-order valence-corrected chi connectivity index (χ1v) is 9.17. The fraction of sp³-hybridized carbons (Fsp3) is 0.318. The van der Waals surface area contributed by atoms with Crippen LogP contribution in [0.4, 0.5) is 4.39 Å². The Morgan fingerprint density at radius 1 is 1.08 bits per heavy atom. The van der Waals surface area contributed by atoms with Crippen molar-refractivity contribution in [1.29, 1.82) is 0 Å². The molecule has 1 aliphatic rings. The highest BCUT2D eigenvalue weighted by Crippen LogP contribution is 2.28. The standard InChI is InChI=1S/C22H23FN2O/c1-16-13-22(20-7-2-3-8-21(20)24-16)26-19-9-11-25(12-10-19)15-17-5-4-6-18(23)14-17/h2-8,13-14,19H,9-12,15H2,1H3. The van der Waals surface area contributed by atoms with E-state index in [1.165, 1.54) is 6.07 Å². The molecule has 1 aliphatic heterocycles. The number of aromatic nitrogens is 1. The number of halogens is 1. The maximum absolute atomic E-state index is 13.3. The molecule has 0 N–H and O–H groups in total. The molecule has 4 rings (SSSR count). The summed E-state index contributed by atoms with van der Waals surface area (Å²) < 4.78 is 19.7. The molecule has 0 unspecified atom stereocenters. The number of pyridine rings is 1. The van der Waals surface area contributed by atoms with Crippen LogP contribution < -0.4 is 4.74 Å². The molecule has 134 valence electrons. The molecule has 0 spiro atoms. The number of rotatable bonds is 4. The van der Waals surface area contributed by atoms with Gasteiger partial charge in [0.05, 0.1) is 5.52 Å². The summed E-state index contributed by atoms with van der Waals surface area (Å²) in [6.45, 7) is 4.72. The third kappa shape index (κ3) is 3.86. The Bertz CT molecular complexity index is 904. The molecule has 0 atom stereocenters. The topological polar surface area (TPSA) is 25.4 Å². The summed E-state index contributed by atoms with van der Waals surface area (Å²) in [4.78, 5) is 6.94. The van der Waals surface area contributed by atoms with Gasteiger partial charge in [-0.1, -0.05) is 24.3 Å². The second kappa shape index (κ2) is 7.42. The van der Waals surface area contributed by atoms with E-state index in [0.717, 1.165) is 60.4 Å². The third-order valence-electron chi connectivity index (χ3n) is 4.93. The van der Waals surface area contributed by atoms with Gasteiger partial charge < -0.3 is 4.74 Å². The van der Waals surface area contributed by atoms with Gasteiger partial charge in [0.1, 0.15) is 17.7 Å². The summed E-state index contributed by atoms with van der Waals surface area (Å²) in [6.07, 6.45) is 2.17. The first kappa shape index (κ1) is 17.0. The second-order valence-electron chi connectivity index (χ2n) is 7.00. The van der Waals surface area contributed by atoms with Crippen molar-refractivity contribution in [1.82, 2.24) is 9.88 Å². The molecule has 26 heavy (non-hydrogen) atoms. The number of likely N-dealkylation sites (tertiary alicyclic amines) is 1. The molecule has 1 saturated heterocycles. The first-order chi connectivity index (χ1) is 12.7. The zero-order chi connectivity index (χ0) is 17.9. The van der Waals surface area contributed by atoms with Crippen LogP contribution in [0, 0.1) is 12.7 Å². The van der Waals surface area contributed by atoms with Gasteiger partial charge in [-0.05, 0) is 49.6 Å². The van der Waals surface area contributed by atoms with Gasteiger partial charge in [-0.25, -0.2) is 4.39 Å². The summed E-state index contributed by atoms with van der Waals surface area (Å²) >= 11 is 0. The highest BCUT2D eigenvalue weighted by Gasteiger charge is 2.21. The fourth-order valence-electron chi connectivity index (χ4n) is 3.63. The number of ether oxygens (including phenoxy) is 1. The first-order valence-electron chi connectivity index (χ1n) is 9.17. The highest BCUT2D eigenvalue weighted by molar-refractivity contribution is 5.85. The molecular weight excluding hydrogens is 327 g/mol. The lowest BCUT2D eigenvalue weighted by Gasteiger charge is -2.32. The van der Waals surface area contributed by atoms with Crippen molar-refractivity contribution in [2.75, 3.05) is 13.1 Å². The maximum atomic E-state index is 13.3. The van der Waals surface area contributed by atoms with Crippen molar-refractivity contribution in [2.45, 2.75) is 32.4 Å². The van der Waals surface area contributed by atoms with Crippen LogP contribution in [0.5, 0.6) is 5.75 Å². The molecule has 0 radical (unpaired) electrons. The molecule has 3 aromatic rings. The smallest absolute Gasteiger partial charge is 0.130 e. The van der Waals surface area contributed by atoms with Crippen molar-refractivity contribution in [2.24, 2.45) is 0 Å². The van der Waals surface area contributed by atoms with E-state index in [-0.39, 0.29) is 11.9 Å². The SMILES string of the molecule is Cc1cc(OC2CCN(Cc3cccc(F)c3)CC2)c2ccccc2n1. The average Bonchev–Trinajstić information content (AvgIpc) is 2.63. The zero-order valence-corrected chi connectivity index (χ0v) is 15.0. The lowest BCUT2D eigenvalue weighted by atomic mass is 10.1. The Morgan fingerprint density at radius 3 is 2.69 bits per heavy atom. The summed E-state index contributed by atoms with van der Waals surface area (Å²) in [5.41, 5.74) is 2.98. The van der Waals surface area contributed by atoms with E-state index < -0.39 is 0 Å². The zero-order valence-electron chi connectivity index (χ0n) is 15.0. The quantitative estimate of drug-likeness (QED) is 0.680. The molecule has 3 nitrogen and oxygen atoms in total. The Hall–Kier alpha value is -2.46. The lowest BCUT2D eigenvalue weighted by molar-refractivity contribution is 0.0978. The number of hydrogen-bond donors (Lipinski definition) is 0. The van der Waals surface area contributed by atoms with Gasteiger partial charge in [0, 0.05) is 36.8 Å². The van der Waals surface area contributed by atoms with Gasteiger partial charge in [-0.3, -0.25) is 9.88 Å².